The summed E-state index contributed by atoms with van der Waals surface area (Å²) in [6.45, 7) is 11.1. The molecule has 3 fully saturated rings. The molecule has 3 aliphatic heterocycles. The molecule has 4 aromatic heterocycles. The number of β-amino-alcohol motifs (C(OH)–C–C–N with tert-alkyl or cyclic N) is 1. The van der Waals surface area contributed by atoms with Crippen LogP contribution in [-0.2, 0) is 14.4 Å². The second-order valence-electron chi connectivity index (χ2n) is 17.6. The molecule has 2 aromatic carbocycles. The van der Waals surface area contributed by atoms with Gasteiger partial charge < -0.3 is 29.9 Å². The summed E-state index contributed by atoms with van der Waals surface area (Å²) in [5, 5.41) is 38.3. The fourth-order valence-electron chi connectivity index (χ4n) is 9.25. The third-order valence-corrected chi connectivity index (χ3v) is 15.1. The van der Waals surface area contributed by atoms with Crippen LogP contribution in [0.3, 0.4) is 0 Å². The Morgan fingerprint density at radius 3 is 2.43 bits per heavy atom. The van der Waals surface area contributed by atoms with Gasteiger partial charge in [0.05, 0.1) is 46.2 Å². The third kappa shape index (κ3) is 8.86. The lowest BCUT2D eigenvalue weighted by Crippen LogP contribution is -2.51. The first-order chi connectivity index (χ1) is 30.4. The number of phenols is 1. The van der Waals surface area contributed by atoms with Crippen molar-refractivity contribution in [3.8, 4) is 27.4 Å². The second kappa shape index (κ2) is 17.9. The van der Waals surface area contributed by atoms with Crippen molar-refractivity contribution in [2.45, 2.75) is 82.9 Å². The standard InChI is InChI=1S/C47H52N8O6S2/c1-26(2)43(47(60)55-23-34(56)19-38(55)45(59)49-27(3)29-9-11-31(12-10-29)44-28(4)48-25-62-44)40-20-36(52-61-40)30-13-15-54(16-14-30)42(58)24-53-21-33(22-53)41-18-32-17-37(50-51-46(32)63-41)35-7-5-6-8-39(35)57/h5-12,17-18,20,25-27,30,33-34,38,43,56-57H,13-16,19,21-24H2,1-4H3,(H,49,59)/t27-,34+,38-,43+/m0/s1. The largest absolute Gasteiger partial charge is 0.507 e. The molecule has 4 atom stereocenters. The summed E-state index contributed by atoms with van der Waals surface area (Å²) in [6.07, 6.45) is 0.803. The fraction of sp³-hybridized carbons (Fsp3) is 0.426. The average Bonchev–Trinajstić information content (AvgIpc) is 4.09. The Morgan fingerprint density at radius 2 is 1.71 bits per heavy atom. The minimum absolute atomic E-state index is 0.0615. The quantitative estimate of drug-likeness (QED) is 0.117. The van der Waals surface area contributed by atoms with Crippen LogP contribution in [0, 0.1) is 12.8 Å². The van der Waals surface area contributed by atoms with Gasteiger partial charge in [-0.15, -0.1) is 32.9 Å². The number of thiophene rings is 1. The summed E-state index contributed by atoms with van der Waals surface area (Å²) in [5.41, 5.74) is 6.86. The van der Waals surface area contributed by atoms with E-state index in [0.717, 1.165) is 63.5 Å². The van der Waals surface area contributed by atoms with E-state index in [0.29, 0.717) is 42.6 Å². The Labute approximate surface area is 373 Å². The zero-order chi connectivity index (χ0) is 43.9. The molecule has 63 heavy (non-hydrogen) atoms. The average molecular weight is 889 g/mol. The van der Waals surface area contributed by atoms with E-state index in [1.165, 1.54) is 9.78 Å². The Hall–Kier alpha value is -5.55. The molecule has 0 radical (unpaired) electrons. The predicted molar refractivity (Wildman–Crippen MR) is 241 cm³/mol. The van der Waals surface area contributed by atoms with Crippen molar-refractivity contribution in [2.24, 2.45) is 5.92 Å². The van der Waals surface area contributed by atoms with E-state index in [2.05, 4.69) is 36.6 Å². The lowest BCUT2D eigenvalue weighted by atomic mass is 9.89. The molecule has 0 aliphatic carbocycles. The molecular formula is C47H52N8O6S2. The van der Waals surface area contributed by atoms with Gasteiger partial charge in [-0.25, -0.2) is 4.98 Å². The predicted octanol–water partition coefficient (Wildman–Crippen LogP) is 6.87. The molecule has 14 nitrogen and oxygen atoms in total. The van der Waals surface area contributed by atoms with Gasteiger partial charge in [0.15, 0.2) is 0 Å². The molecule has 6 aromatic rings. The molecule has 0 unspecified atom stereocenters. The number of nitrogens with zero attached hydrogens (tertiary/aromatic N) is 7. The highest BCUT2D eigenvalue weighted by Gasteiger charge is 2.44. The lowest BCUT2D eigenvalue weighted by molar-refractivity contribution is -0.141. The van der Waals surface area contributed by atoms with Crippen LogP contribution in [0.4, 0.5) is 0 Å². The molecule has 328 valence electrons. The second-order valence-corrected chi connectivity index (χ2v) is 19.5. The molecule has 3 saturated heterocycles. The van der Waals surface area contributed by atoms with E-state index < -0.39 is 18.1 Å². The number of hydrogen-bond donors (Lipinski definition) is 3. The smallest absolute Gasteiger partial charge is 0.243 e. The number of nitrogens with one attached hydrogen (secondary N) is 1. The molecule has 3 aliphatic rings. The minimum atomic E-state index is -0.821. The highest BCUT2D eigenvalue weighted by Crippen LogP contribution is 2.38. The van der Waals surface area contributed by atoms with Crippen molar-refractivity contribution in [3.63, 3.8) is 0 Å². The van der Waals surface area contributed by atoms with Crippen molar-refractivity contribution in [1.82, 2.24) is 40.4 Å². The number of carbonyl (C=O) groups is 3. The summed E-state index contributed by atoms with van der Waals surface area (Å²) in [7, 11) is 0. The number of fused-ring (bicyclic) bond motifs is 1. The Morgan fingerprint density at radius 1 is 0.952 bits per heavy atom. The van der Waals surface area contributed by atoms with E-state index in [9.17, 15) is 24.6 Å². The van der Waals surface area contributed by atoms with Crippen molar-refractivity contribution in [3.05, 3.63) is 99.8 Å². The van der Waals surface area contributed by atoms with Gasteiger partial charge >= 0.3 is 0 Å². The number of phenolic OH excluding ortho intramolecular Hbond substituents is 1. The number of benzene rings is 2. The number of rotatable bonds is 12. The molecular weight excluding hydrogens is 837 g/mol. The molecule has 7 heterocycles. The number of aromatic nitrogens is 4. The number of thiazole rings is 1. The number of hydrogen-bond acceptors (Lipinski definition) is 13. The first-order valence-electron chi connectivity index (χ1n) is 21.7. The monoisotopic (exact) mass is 888 g/mol. The highest BCUT2D eigenvalue weighted by molar-refractivity contribution is 7.18. The number of aromatic hydroxyl groups is 1. The van der Waals surface area contributed by atoms with E-state index in [1.54, 1.807) is 34.8 Å². The van der Waals surface area contributed by atoms with Crippen LogP contribution in [0.1, 0.15) is 91.4 Å². The third-order valence-electron chi connectivity index (χ3n) is 12.9. The summed E-state index contributed by atoms with van der Waals surface area (Å²) < 4.78 is 5.89. The number of likely N-dealkylation sites (tertiary alicyclic amines) is 3. The van der Waals surface area contributed by atoms with Gasteiger partial charge in [0.25, 0.3) is 0 Å². The van der Waals surface area contributed by atoms with Crippen LogP contribution in [-0.4, -0.2) is 114 Å². The van der Waals surface area contributed by atoms with Gasteiger partial charge in [0.2, 0.25) is 17.7 Å². The summed E-state index contributed by atoms with van der Waals surface area (Å²) >= 11 is 3.22. The maximum absolute atomic E-state index is 14.3. The zero-order valence-electron chi connectivity index (χ0n) is 35.8. The van der Waals surface area contributed by atoms with Crippen LogP contribution >= 0.6 is 22.7 Å². The van der Waals surface area contributed by atoms with Crippen LogP contribution in [0.15, 0.2) is 76.8 Å². The Balaban J connectivity index is 0.765. The van der Waals surface area contributed by atoms with E-state index in [-0.39, 0.29) is 54.3 Å². The fourth-order valence-corrected chi connectivity index (χ4v) is 11.1. The van der Waals surface area contributed by atoms with Crippen molar-refractivity contribution in [1.29, 1.82) is 0 Å². The number of piperidine rings is 1. The van der Waals surface area contributed by atoms with Crippen molar-refractivity contribution >= 4 is 50.6 Å². The SMILES string of the molecule is Cc1ncsc1-c1ccc([C@H](C)NC(=O)[C@@H]2C[C@@H](O)CN2C(=O)[C@@H](c2cc(C3CCN(C(=O)CN4CC(c5cc6cc(-c7ccccc7O)nnc6s5)C4)CC3)no2)C(C)C)cc1. The van der Waals surface area contributed by atoms with Crippen molar-refractivity contribution < 1.29 is 29.1 Å². The van der Waals surface area contributed by atoms with Crippen LogP contribution < -0.4 is 5.32 Å². The molecule has 0 bridgehead atoms. The van der Waals surface area contributed by atoms with Gasteiger partial charge in [-0.1, -0.05) is 55.4 Å². The highest BCUT2D eigenvalue weighted by atomic mass is 32.1. The van der Waals surface area contributed by atoms with Crippen LogP contribution in [0.5, 0.6) is 5.75 Å². The molecule has 16 heteroatoms. The maximum atomic E-state index is 14.3. The lowest BCUT2D eigenvalue weighted by Gasteiger charge is -2.40. The van der Waals surface area contributed by atoms with Crippen molar-refractivity contribution in [2.75, 3.05) is 39.3 Å². The topological polar surface area (TPSA) is 178 Å². The van der Waals surface area contributed by atoms with Gasteiger partial charge in [-0.2, -0.15) is 0 Å². The number of carbonyl (C=O) groups excluding carboxylic acids is 3. The summed E-state index contributed by atoms with van der Waals surface area (Å²) in [6, 6.07) is 20.0. The first-order valence-corrected chi connectivity index (χ1v) is 23.4. The molecule has 0 spiro atoms. The molecule has 9 rings (SSSR count). The van der Waals surface area contributed by atoms with Gasteiger partial charge in [-0.05, 0) is 68.0 Å². The molecule has 3 amide bonds. The number of aryl methyl sites for hydroxylation is 1. The van der Waals surface area contributed by atoms with Crippen LogP contribution in [0.25, 0.3) is 31.9 Å². The van der Waals surface area contributed by atoms with E-state index in [1.807, 2.05) is 86.6 Å². The summed E-state index contributed by atoms with van der Waals surface area (Å²) in [5.74, 6) is -0.268. The first kappa shape index (κ1) is 42.7. The molecule has 3 N–H and O–H groups in total. The normalized spacial score (nSPS) is 19.7. The number of aliphatic hydroxyl groups is 1. The van der Waals surface area contributed by atoms with E-state index in [4.69, 9.17) is 4.52 Å². The van der Waals surface area contributed by atoms with E-state index >= 15 is 0 Å². The number of aliphatic hydroxyl groups excluding tert-OH is 1. The van der Waals surface area contributed by atoms with Gasteiger partial charge in [0.1, 0.15) is 28.3 Å². The van der Waals surface area contributed by atoms with Gasteiger partial charge in [-0.3, -0.25) is 19.3 Å². The Kier molecular flexibility index (Phi) is 12.1. The minimum Gasteiger partial charge on any atom is -0.507 e. The number of para-hydroxylation sites is 1. The number of amides is 3. The van der Waals surface area contributed by atoms with Gasteiger partial charge in [0, 0.05) is 72.9 Å². The zero-order valence-corrected chi connectivity index (χ0v) is 37.4. The Bertz CT molecular complexity index is 2610. The maximum Gasteiger partial charge on any atom is 0.243 e. The molecule has 0 saturated carbocycles. The van der Waals surface area contributed by atoms with Crippen LogP contribution in [0.2, 0.25) is 0 Å². The summed E-state index contributed by atoms with van der Waals surface area (Å²) in [4.78, 5) is 54.6.